The summed E-state index contributed by atoms with van der Waals surface area (Å²) in [4.78, 5) is 12.1. The maximum atomic E-state index is 12.1. The second kappa shape index (κ2) is 6.56. The lowest BCUT2D eigenvalue weighted by Crippen LogP contribution is -2.35. The van der Waals surface area contributed by atoms with E-state index in [2.05, 4.69) is 5.32 Å². The van der Waals surface area contributed by atoms with E-state index < -0.39 is 17.7 Å². The summed E-state index contributed by atoms with van der Waals surface area (Å²) in [6.07, 6.45) is -0.503. The molecule has 0 aliphatic carbocycles. The van der Waals surface area contributed by atoms with Crippen LogP contribution in [0.5, 0.6) is 5.95 Å². The molecule has 1 amide bonds. The third-order valence-corrected chi connectivity index (χ3v) is 2.88. The molecule has 1 atom stereocenters. The third-order valence-electron chi connectivity index (χ3n) is 2.88. The van der Waals surface area contributed by atoms with Crippen molar-refractivity contribution in [1.82, 2.24) is 5.32 Å². The number of alkyl carbamates (subject to hydrolysis) is 1. The van der Waals surface area contributed by atoms with Crippen LogP contribution in [0, 0.1) is 0 Å². The number of ether oxygens (including phenoxy) is 2. The Hall–Kier alpha value is -2.43. The largest absolute Gasteiger partial charge is 0.468 e. The molecule has 0 saturated heterocycles. The first-order chi connectivity index (χ1) is 10.4. The first kappa shape index (κ1) is 15.9. The quantitative estimate of drug-likeness (QED) is 0.930. The third kappa shape index (κ3) is 4.28. The highest BCUT2D eigenvalue weighted by Crippen LogP contribution is 2.27. The maximum absolute atomic E-state index is 12.1. The number of furan rings is 1. The highest BCUT2D eigenvalue weighted by molar-refractivity contribution is 5.69. The molecule has 0 unspecified atom stereocenters. The molecule has 0 spiro atoms. The van der Waals surface area contributed by atoms with Gasteiger partial charge in [-0.25, -0.2) is 4.79 Å². The van der Waals surface area contributed by atoms with Crippen LogP contribution in [-0.2, 0) is 4.74 Å². The zero-order valence-electron chi connectivity index (χ0n) is 13.3. The highest BCUT2D eigenvalue weighted by Gasteiger charge is 2.24. The molecule has 2 aromatic rings. The van der Waals surface area contributed by atoms with Gasteiger partial charge in [-0.1, -0.05) is 30.3 Å². The molecule has 1 heterocycles. The Balaban J connectivity index is 2.24. The van der Waals surface area contributed by atoms with Gasteiger partial charge in [0.2, 0.25) is 0 Å². The number of amides is 1. The molecule has 1 aromatic heterocycles. The molecule has 22 heavy (non-hydrogen) atoms. The Kier molecular flexibility index (Phi) is 4.75. The molecule has 5 heteroatoms. The van der Waals surface area contributed by atoms with Gasteiger partial charge in [0, 0.05) is 6.07 Å². The minimum absolute atomic E-state index is 0.391. The van der Waals surface area contributed by atoms with E-state index in [1.54, 1.807) is 12.1 Å². The fourth-order valence-electron chi connectivity index (χ4n) is 1.99. The SMILES string of the molecule is COc1ccc([C@@H](NC(=O)OC(C)(C)C)c2ccccc2)o1. The molecular weight excluding hydrogens is 282 g/mol. The predicted molar refractivity (Wildman–Crippen MR) is 82.9 cm³/mol. The summed E-state index contributed by atoms with van der Waals surface area (Å²) in [6, 6.07) is 12.6. The topological polar surface area (TPSA) is 60.7 Å². The smallest absolute Gasteiger partial charge is 0.408 e. The molecule has 0 aliphatic heterocycles. The van der Waals surface area contributed by atoms with Crippen LogP contribution in [0.4, 0.5) is 4.79 Å². The number of methoxy groups -OCH3 is 1. The zero-order valence-corrected chi connectivity index (χ0v) is 13.3. The summed E-state index contributed by atoms with van der Waals surface area (Å²) >= 11 is 0. The van der Waals surface area contributed by atoms with Gasteiger partial charge in [0.15, 0.2) is 0 Å². The first-order valence-corrected chi connectivity index (χ1v) is 7.07. The van der Waals surface area contributed by atoms with Gasteiger partial charge < -0.3 is 19.2 Å². The van der Waals surface area contributed by atoms with E-state index in [0.29, 0.717) is 11.7 Å². The van der Waals surface area contributed by atoms with Crippen molar-refractivity contribution in [3.05, 3.63) is 53.8 Å². The van der Waals surface area contributed by atoms with E-state index >= 15 is 0 Å². The van der Waals surface area contributed by atoms with Gasteiger partial charge in [-0.15, -0.1) is 0 Å². The summed E-state index contributed by atoms with van der Waals surface area (Å²) in [6.45, 7) is 5.46. The predicted octanol–water partition coefficient (Wildman–Crippen LogP) is 3.90. The van der Waals surface area contributed by atoms with Gasteiger partial charge in [-0.3, -0.25) is 0 Å². The standard InChI is InChI=1S/C17H21NO4/c1-17(2,3)22-16(19)18-15(12-8-6-5-7-9-12)13-10-11-14(20-4)21-13/h5-11,15H,1-4H3,(H,18,19)/t15-/m0/s1. The Morgan fingerprint density at radius 3 is 2.36 bits per heavy atom. The fraction of sp³-hybridized carbons (Fsp3) is 0.353. The Morgan fingerprint density at radius 2 is 1.82 bits per heavy atom. The van der Waals surface area contributed by atoms with E-state index in [1.165, 1.54) is 7.11 Å². The molecule has 0 radical (unpaired) electrons. The molecule has 1 aromatic carbocycles. The van der Waals surface area contributed by atoms with E-state index in [0.717, 1.165) is 5.56 Å². The maximum Gasteiger partial charge on any atom is 0.408 e. The van der Waals surface area contributed by atoms with Crippen molar-refractivity contribution in [3.63, 3.8) is 0 Å². The lowest BCUT2D eigenvalue weighted by Gasteiger charge is -2.23. The van der Waals surface area contributed by atoms with Gasteiger partial charge >= 0.3 is 6.09 Å². The van der Waals surface area contributed by atoms with Crippen molar-refractivity contribution < 1.29 is 18.7 Å². The molecule has 5 nitrogen and oxygen atoms in total. The van der Waals surface area contributed by atoms with Crippen LogP contribution < -0.4 is 10.1 Å². The molecule has 0 aliphatic rings. The number of hydrogen-bond donors (Lipinski definition) is 1. The number of carbonyl (C=O) groups is 1. The van der Waals surface area contributed by atoms with Crippen LogP contribution in [-0.4, -0.2) is 18.8 Å². The highest BCUT2D eigenvalue weighted by atomic mass is 16.6. The van der Waals surface area contributed by atoms with E-state index in [1.807, 2.05) is 51.1 Å². The van der Waals surface area contributed by atoms with Gasteiger partial charge in [-0.2, -0.15) is 0 Å². The molecule has 1 N–H and O–H groups in total. The van der Waals surface area contributed by atoms with E-state index in [-0.39, 0.29) is 0 Å². The normalized spacial score (nSPS) is 12.5. The minimum Gasteiger partial charge on any atom is -0.468 e. The van der Waals surface area contributed by atoms with Crippen molar-refractivity contribution >= 4 is 6.09 Å². The first-order valence-electron chi connectivity index (χ1n) is 7.07. The van der Waals surface area contributed by atoms with Gasteiger partial charge in [0.1, 0.15) is 17.4 Å². The average Bonchev–Trinajstić information content (AvgIpc) is 2.92. The van der Waals surface area contributed by atoms with Crippen molar-refractivity contribution in [2.45, 2.75) is 32.4 Å². The second-order valence-corrected chi connectivity index (χ2v) is 5.85. The summed E-state index contributed by atoms with van der Waals surface area (Å²) in [5.74, 6) is 0.968. The summed E-state index contributed by atoms with van der Waals surface area (Å²) < 4.78 is 16.0. The van der Waals surface area contributed by atoms with Crippen LogP contribution in [0.15, 0.2) is 46.9 Å². The molecule has 118 valence electrons. The van der Waals surface area contributed by atoms with Crippen molar-refractivity contribution in [2.75, 3.05) is 7.11 Å². The van der Waals surface area contributed by atoms with Crippen LogP contribution in [0.3, 0.4) is 0 Å². The molecule has 0 fully saturated rings. The van der Waals surface area contributed by atoms with Gasteiger partial charge in [0.05, 0.1) is 7.11 Å². The lowest BCUT2D eigenvalue weighted by molar-refractivity contribution is 0.0506. The van der Waals surface area contributed by atoms with E-state index in [9.17, 15) is 4.79 Å². The van der Waals surface area contributed by atoms with Crippen LogP contribution in [0.25, 0.3) is 0 Å². The molecule has 0 saturated carbocycles. The Morgan fingerprint density at radius 1 is 1.14 bits per heavy atom. The number of benzene rings is 1. The molecular formula is C17H21NO4. The number of hydrogen-bond acceptors (Lipinski definition) is 4. The zero-order chi connectivity index (χ0) is 16.2. The summed E-state index contributed by atoms with van der Waals surface area (Å²) in [5.41, 5.74) is 0.331. The molecule has 0 bridgehead atoms. The fourth-order valence-corrected chi connectivity index (χ4v) is 1.99. The average molecular weight is 303 g/mol. The summed E-state index contributed by atoms with van der Waals surface area (Å²) in [5, 5.41) is 2.83. The number of nitrogens with one attached hydrogen (secondary N) is 1. The van der Waals surface area contributed by atoms with Crippen molar-refractivity contribution in [3.8, 4) is 5.95 Å². The van der Waals surface area contributed by atoms with Crippen LogP contribution in [0.1, 0.15) is 38.1 Å². The minimum atomic E-state index is -0.563. The van der Waals surface area contributed by atoms with Gasteiger partial charge in [-0.05, 0) is 32.4 Å². The van der Waals surface area contributed by atoms with Crippen molar-refractivity contribution in [1.29, 1.82) is 0 Å². The lowest BCUT2D eigenvalue weighted by atomic mass is 10.1. The van der Waals surface area contributed by atoms with Crippen molar-refractivity contribution in [2.24, 2.45) is 0 Å². The summed E-state index contributed by atoms with van der Waals surface area (Å²) in [7, 11) is 1.53. The van der Waals surface area contributed by atoms with Crippen LogP contribution in [0.2, 0.25) is 0 Å². The molecule has 2 rings (SSSR count). The monoisotopic (exact) mass is 303 g/mol. The Bertz CT molecular complexity index is 613. The number of rotatable bonds is 4. The van der Waals surface area contributed by atoms with E-state index in [4.69, 9.17) is 13.9 Å². The second-order valence-electron chi connectivity index (χ2n) is 5.85. The van der Waals surface area contributed by atoms with Crippen LogP contribution >= 0.6 is 0 Å². The number of carbonyl (C=O) groups excluding carboxylic acids is 1. The Labute approximate surface area is 130 Å². The van der Waals surface area contributed by atoms with Gasteiger partial charge in [0.25, 0.3) is 5.95 Å².